The summed E-state index contributed by atoms with van der Waals surface area (Å²) in [5, 5.41) is 0. The van der Waals surface area contributed by atoms with Crippen molar-refractivity contribution in [3.63, 3.8) is 0 Å². The van der Waals surface area contributed by atoms with E-state index in [1.807, 2.05) is 0 Å². The molecule has 2 N–H and O–H groups in total. The highest BCUT2D eigenvalue weighted by atomic mass is 16.5. The predicted octanol–water partition coefficient (Wildman–Crippen LogP) is 1.59. The van der Waals surface area contributed by atoms with E-state index >= 15 is 0 Å². The molecule has 0 saturated carbocycles. The molecular weight excluding hydrogens is 252 g/mol. The summed E-state index contributed by atoms with van der Waals surface area (Å²) in [5.74, 6) is 1.40. The van der Waals surface area contributed by atoms with Gasteiger partial charge in [0.05, 0.1) is 19.8 Å². The number of nitrogens with zero attached hydrogens (tertiary/aromatic N) is 1. The van der Waals surface area contributed by atoms with Crippen LogP contribution in [0.2, 0.25) is 0 Å². The fraction of sp³-hybridized carbons (Fsp3) is 0.625. The van der Waals surface area contributed by atoms with E-state index in [4.69, 9.17) is 15.2 Å². The van der Waals surface area contributed by atoms with E-state index in [2.05, 4.69) is 30.0 Å². The Hall–Kier alpha value is -1.10. The maximum atomic E-state index is 6.49. The normalized spacial score (nSPS) is 26.9. The molecule has 0 amide bonds. The molecule has 1 fully saturated rings. The molecule has 0 aromatic heterocycles. The molecule has 4 heteroatoms. The summed E-state index contributed by atoms with van der Waals surface area (Å²) in [6.07, 6.45) is 0.990. The number of fused-ring (bicyclic) bond motifs is 1. The van der Waals surface area contributed by atoms with Gasteiger partial charge < -0.3 is 15.2 Å². The molecule has 1 saturated heterocycles. The van der Waals surface area contributed by atoms with Gasteiger partial charge in [-0.2, -0.15) is 0 Å². The molecule has 2 unspecified atom stereocenters. The van der Waals surface area contributed by atoms with Gasteiger partial charge in [0.2, 0.25) is 0 Å². The Morgan fingerprint density at radius 1 is 1.30 bits per heavy atom. The number of benzene rings is 1. The van der Waals surface area contributed by atoms with Gasteiger partial charge in [0, 0.05) is 37.2 Å². The number of para-hydroxylation sites is 1. The van der Waals surface area contributed by atoms with Crippen molar-refractivity contribution in [3.8, 4) is 5.75 Å². The van der Waals surface area contributed by atoms with Crippen molar-refractivity contribution in [3.05, 3.63) is 29.3 Å². The molecule has 2 atom stereocenters. The summed E-state index contributed by atoms with van der Waals surface area (Å²) >= 11 is 0. The van der Waals surface area contributed by atoms with Crippen molar-refractivity contribution in [1.29, 1.82) is 0 Å². The molecule has 0 spiro atoms. The van der Waals surface area contributed by atoms with Gasteiger partial charge in [0.1, 0.15) is 5.75 Å². The van der Waals surface area contributed by atoms with Crippen molar-refractivity contribution in [1.82, 2.24) is 4.90 Å². The van der Waals surface area contributed by atoms with E-state index in [-0.39, 0.29) is 6.04 Å². The van der Waals surface area contributed by atoms with Gasteiger partial charge in [-0.3, -0.25) is 4.90 Å². The lowest BCUT2D eigenvalue weighted by Crippen LogP contribution is -2.44. The van der Waals surface area contributed by atoms with Crippen LogP contribution >= 0.6 is 0 Å². The summed E-state index contributed by atoms with van der Waals surface area (Å²) in [6.45, 7) is 7.56. The van der Waals surface area contributed by atoms with E-state index in [1.54, 1.807) is 0 Å². The second kappa shape index (κ2) is 6.12. The van der Waals surface area contributed by atoms with Crippen LogP contribution in [0.3, 0.4) is 0 Å². The minimum Gasteiger partial charge on any atom is -0.493 e. The molecule has 2 heterocycles. The minimum atomic E-state index is 0.0769. The van der Waals surface area contributed by atoms with Crippen LogP contribution in [0.1, 0.15) is 24.1 Å². The van der Waals surface area contributed by atoms with Crippen LogP contribution in [-0.4, -0.2) is 44.4 Å². The maximum absolute atomic E-state index is 6.49. The summed E-state index contributed by atoms with van der Waals surface area (Å²) in [5.41, 5.74) is 8.93. The standard InChI is InChI=1S/C16H24N2O2/c1-2-12-4-3-5-14-15(17)13(11-20-16(12)14)10-18-6-8-19-9-7-18/h3-5,13,15H,2,6-11,17H2,1H3. The lowest BCUT2D eigenvalue weighted by atomic mass is 9.89. The highest BCUT2D eigenvalue weighted by Crippen LogP contribution is 2.37. The number of nitrogens with two attached hydrogens (primary N) is 1. The van der Waals surface area contributed by atoms with Crippen LogP contribution in [0.5, 0.6) is 5.75 Å². The van der Waals surface area contributed by atoms with Crippen LogP contribution < -0.4 is 10.5 Å². The van der Waals surface area contributed by atoms with Gasteiger partial charge in [-0.05, 0) is 12.0 Å². The number of hydrogen-bond donors (Lipinski definition) is 1. The second-order valence-electron chi connectivity index (χ2n) is 5.70. The monoisotopic (exact) mass is 276 g/mol. The van der Waals surface area contributed by atoms with E-state index in [0.717, 1.165) is 51.6 Å². The number of morpholine rings is 1. The number of hydrogen-bond acceptors (Lipinski definition) is 4. The average molecular weight is 276 g/mol. The van der Waals surface area contributed by atoms with E-state index in [1.165, 1.54) is 11.1 Å². The van der Waals surface area contributed by atoms with Crippen LogP contribution in [0.25, 0.3) is 0 Å². The topological polar surface area (TPSA) is 47.7 Å². The summed E-state index contributed by atoms with van der Waals surface area (Å²) < 4.78 is 11.4. The largest absolute Gasteiger partial charge is 0.493 e. The Balaban J connectivity index is 1.73. The van der Waals surface area contributed by atoms with Gasteiger partial charge in [-0.15, -0.1) is 0 Å². The van der Waals surface area contributed by atoms with Crippen molar-refractivity contribution in [2.75, 3.05) is 39.5 Å². The van der Waals surface area contributed by atoms with Crippen molar-refractivity contribution in [2.45, 2.75) is 19.4 Å². The van der Waals surface area contributed by atoms with Crippen molar-refractivity contribution in [2.24, 2.45) is 11.7 Å². The fourth-order valence-electron chi connectivity index (χ4n) is 3.15. The first-order chi connectivity index (χ1) is 9.79. The van der Waals surface area contributed by atoms with E-state index in [9.17, 15) is 0 Å². The van der Waals surface area contributed by atoms with Gasteiger partial charge in [-0.25, -0.2) is 0 Å². The van der Waals surface area contributed by atoms with Crippen LogP contribution in [0.4, 0.5) is 0 Å². The molecule has 1 aromatic rings. The lowest BCUT2D eigenvalue weighted by Gasteiger charge is -2.36. The second-order valence-corrected chi connectivity index (χ2v) is 5.70. The summed E-state index contributed by atoms with van der Waals surface area (Å²) in [4.78, 5) is 2.44. The Kier molecular flexibility index (Phi) is 4.24. The van der Waals surface area contributed by atoms with Crippen molar-refractivity contribution < 1.29 is 9.47 Å². The SMILES string of the molecule is CCc1cccc2c1OCC(CN1CCOCC1)C2N. The molecule has 0 aliphatic carbocycles. The van der Waals surface area contributed by atoms with Crippen LogP contribution in [0.15, 0.2) is 18.2 Å². The van der Waals surface area contributed by atoms with Crippen LogP contribution in [0, 0.1) is 5.92 Å². The Morgan fingerprint density at radius 2 is 2.10 bits per heavy atom. The number of aryl methyl sites for hydroxylation is 1. The molecule has 3 rings (SSSR count). The van der Waals surface area contributed by atoms with Gasteiger partial charge >= 0.3 is 0 Å². The molecule has 0 radical (unpaired) electrons. The summed E-state index contributed by atoms with van der Waals surface area (Å²) in [7, 11) is 0. The zero-order chi connectivity index (χ0) is 13.9. The van der Waals surface area contributed by atoms with E-state index < -0.39 is 0 Å². The minimum absolute atomic E-state index is 0.0769. The van der Waals surface area contributed by atoms with Crippen LogP contribution in [-0.2, 0) is 11.2 Å². The Bertz CT molecular complexity index is 458. The first-order valence-corrected chi connectivity index (χ1v) is 7.60. The first kappa shape index (κ1) is 13.9. The quantitative estimate of drug-likeness (QED) is 0.911. The average Bonchev–Trinajstić information content (AvgIpc) is 2.51. The van der Waals surface area contributed by atoms with Gasteiger partial charge in [0.15, 0.2) is 0 Å². The molecule has 2 aliphatic rings. The molecule has 4 nitrogen and oxygen atoms in total. The third-order valence-corrected chi connectivity index (χ3v) is 4.41. The molecular formula is C16H24N2O2. The fourth-order valence-corrected chi connectivity index (χ4v) is 3.15. The number of rotatable bonds is 3. The highest BCUT2D eigenvalue weighted by Gasteiger charge is 2.30. The highest BCUT2D eigenvalue weighted by molar-refractivity contribution is 5.45. The Labute approximate surface area is 120 Å². The molecule has 1 aromatic carbocycles. The molecule has 0 bridgehead atoms. The third kappa shape index (κ3) is 2.68. The Morgan fingerprint density at radius 3 is 2.85 bits per heavy atom. The zero-order valence-corrected chi connectivity index (χ0v) is 12.2. The molecule has 110 valence electrons. The molecule has 2 aliphatic heterocycles. The lowest BCUT2D eigenvalue weighted by molar-refractivity contribution is 0.0218. The zero-order valence-electron chi connectivity index (χ0n) is 12.2. The molecule has 20 heavy (non-hydrogen) atoms. The van der Waals surface area contributed by atoms with Gasteiger partial charge in [0.25, 0.3) is 0 Å². The maximum Gasteiger partial charge on any atom is 0.127 e. The van der Waals surface area contributed by atoms with E-state index in [0.29, 0.717) is 5.92 Å². The van der Waals surface area contributed by atoms with Gasteiger partial charge in [-0.1, -0.05) is 25.1 Å². The first-order valence-electron chi connectivity index (χ1n) is 7.60. The van der Waals surface area contributed by atoms with Crippen molar-refractivity contribution >= 4 is 0 Å². The summed E-state index contributed by atoms with van der Waals surface area (Å²) in [6, 6.07) is 6.42. The third-order valence-electron chi connectivity index (χ3n) is 4.41. The predicted molar refractivity (Wildman–Crippen MR) is 79.0 cm³/mol. The number of ether oxygens (including phenoxy) is 2. The smallest absolute Gasteiger partial charge is 0.127 e.